The molecule has 0 aliphatic carbocycles. The third-order valence-electron chi connectivity index (χ3n) is 0.702. The standard InChI is InChI=1S/C4H6FNO2/c5-4(1-6,2-7)3-8/h7-8H,2-3H2. The number of halogens is 1. The van der Waals surface area contributed by atoms with E-state index in [4.69, 9.17) is 15.5 Å². The van der Waals surface area contributed by atoms with Crippen LogP contribution in [0.4, 0.5) is 4.39 Å². The van der Waals surface area contributed by atoms with Crippen molar-refractivity contribution < 1.29 is 14.6 Å². The van der Waals surface area contributed by atoms with Crippen molar-refractivity contribution in [2.75, 3.05) is 13.2 Å². The summed E-state index contributed by atoms with van der Waals surface area (Å²) in [5.74, 6) is 0. The monoisotopic (exact) mass is 119 g/mol. The molecule has 0 aromatic heterocycles. The quantitative estimate of drug-likeness (QED) is 0.500. The highest BCUT2D eigenvalue weighted by Gasteiger charge is 2.26. The number of nitrogens with zero attached hydrogens (tertiary/aromatic N) is 1. The molecule has 2 N–H and O–H groups in total. The molecule has 3 nitrogen and oxygen atoms in total. The minimum Gasteiger partial charge on any atom is -0.392 e. The first kappa shape index (κ1) is 7.34. The molecule has 4 heteroatoms. The van der Waals surface area contributed by atoms with Crippen molar-refractivity contribution >= 4 is 0 Å². The van der Waals surface area contributed by atoms with Crippen molar-refractivity contribution in [3.63, 3.8) is 0 Å². The van der Waals surface area contributed by atoms with Gasteiger partial charge in [0.1, 0.15) is 6.07 Å². The third-order valence-corrected chi connectivity index (χ3v) is 0.702. The Kier molecular flexibility index (Phi) is 2.38. The number of nitriles is 1. The minimum atomic E-state index is -2.46. The van der Waals surface area contributed by atoms with Gasteiger partial charge in [-0.05, 0) is 0 Å². The molecule has 0 heterocycles. The lowest BCUT2D eigenvalue weighted by Gasteiger charge is -2.07. The van der Waals surface area contributed by atoms with E-state index in [1.54, 1.807) is 0 Å². The van der Waals surface area contributed by atoms with E-state index >= 15 is 0 Å². The van der Waals surface area contributed by atoms with Gasteiger partial charge in [0.25, 0.3) is 0 Å². The van der Waals surface area contributed by atoms with Crippen LogP contribution in [0.1, 0.15) is 0 Å². The molecule has 0 fully saturated rings. The lowest BCUT2D eigenvalue weighted by Crippen LogP contribution is -2.29. The van der Waals surface area contributed by atoms with E-state index in [1.807, 2.05) is 0 Å². The second-order valence-electron chi connectivity index (χ2n) is 1.39. The largest absolute Gasteiger partial charge is 0.392 e. The smallest absolute Gasteiger partial charge is 0.241 e. The van der Waals surface area contributed by atoms with Gasteiger partial charge >= 0.3 is 0 Å². The van der Waals surface area contributed by atoms with Crippen LogP contribution in [-0.4, -0.2) is 29.1 Å². The first-order valence-corrected chi connectivity index (χ1v) is 2.00. The Morgan fingerprint density at radius 2 is 1.88 bits per heavy atom. The molecular weight excluding hydrogens is 113 g/mol. The van der Waals surface area contributed by atoms with Gasteiger partial charge in [0.2, 0.25) is 5.67 Å². The summed E-state index contributed by atoms with van der Waals surface area (Å²) in [5.41, 5.74) is -2.46. The molecule has 8 heavy (non-hydrogen) atoms. The number of rotatable bonds is 2. The molecule has 0 bridgehead atoms. The van der Waals surface area contributed by atoms with Crippen molar-refractivity contribution in [2.24, 2.45) is 0 Å². The second kappa shape index (κ2) is 2.60. The van der Waals surface area contributed by atoms with Crippen molar-refractivity contribution in [3.8, 4) is 6.07 Å². The van der Waals surface area contributed by atoms with Gasteiger partial charge in [-0.15, -0.1) is 0 Å². The van der Waals surface area contributed by atoms with Gasteiger partial charge in [-0.25, -0.2) is 4.39 Å². The molecule has 46 valence electrons. The summed E-state index contributed by atoms with van der Waals surface area (Å²) >= 11 is 0. The molecule has 0 amide bonds. The Hall–Kier alpha value is -0.660. The molecular formula is C4H6FNO2. The van der Waals surface area contributed by atoms with Crippen LogP contribution in [0.3, 0.4) is 0 Å². The highest BCUT2D eigenvalue weighted by Crippen LogP contribution is 2.05. The topological polar surface area (TPSA) is 64.2 Å². The Balaban J connectivity index is 3.83. The zero-order valence-corrected chi connectivity index (χ0v) is 4.13. The Morgan fingerprint density at radius 1 is 1.50 bits per heavy atom. The van der Waals surface area contributed by atoms with E-state index in [2.05, 4.69) is 0 Å². The van der Waals surface area contributed by atoms with Gasteiger partial charge in [0, 0.05) is 0 Å². The van der Waals surface area contributed by atoms with Crippen LogP contribution in [0, 0.1) is 11.3 Å². The predicted molar refractivity (Wildman–Crippen MR) is 23.6 cm³/mol. The van der Waals surface area contributed by atoms with Gasteiger partial charge < -0.3 is 10.2 Å². The number of hydrogen-bond acceptors (Lipinski definition) is 3. The van der Waals surface area contributed by atoms with Crippen molar-refractivity contribution in [3.05, 3.63) is 0 Å². The minimum absolute atomic E-state index is 0.958. The van der Waals surface area contributed by atoms with E-state index < -0.39 is 18.9 Å². The van der Waals surface area contributed by atoms with Crippen molar-refractivity contribution in [1.29, 1.82) is 5.26 Å². The molecule has 0 aromatic rings. The summed E-state index contributed by atoms with van der Waals surface area (Å²) in [5, 5.41) is 23.9. The molecule has 0 rings (SSSR count). The van der Waals surface area contributed by atoms with Crippen LogP contribution in [-0.2, 0) is 0 Å². The van der Waals surface area contributed by atoms with Gasteiger partial charge in [-0.2, -0.15) is 5.26 Å². The molecule has 0 aliphatic rings. The third kappa shape index (κ3) is 1.45. The zero-order chi connectivity index (χ0) is 6.62. The molecule has 0 saturated carbocycles. The van der Waals surface area contributed by atoms with Crippen LogP contribution in [0.25, 0.3) is 0 Å². The lowest BCUT2D eigenvalue weighted by atomic mass is 10.2. The van der Waals surface area contributed by atoms with Gasteiger partial charge in [0.05, 0.1) is 13.2 Å². The van der Waals surface area contributed by atoms with Gasteiger partial charge in [-0.1, -0.05) is 0 Å². The highest BCUT2D eigenvalue weighted by atomic mass is 19.1. The van der Waals surface area contributed by atoms with Gasteiger partial charge in [0.15, 0.2) is 0 Å². The average Bonchev–Trinajstić information content (AvgIpc) is 1.87. The van der Waals surface area contributed by atoms with Crippen molar-refractivity contribution in [1.82, 2.24) is 0 Å². The summed E-state index contributed by atoms with van der Waals surface area (Å²) in [6.07, 6.45) is 0. The molecule has 0 spiro atoms. The fourth-order valence-electron chi connectivity index (χ4n) is 0.121. The van der Waals surface area contributed by atoms with Gasteiger partial charge in [-0.3, -0.25) is 0 Å². The number of aliphatic hydroxyl groups is 2. The summed E-state index contributed by atoms with van der Waals surface area (Å²) in [6.45, 7) is -1.92. The molecule has 0 aromatic carbocycles. The van der Waals surface area contributed by atoms with Crippen molar-refractivity contribution in [2.45, 2.75) is 5.67 Å². The van der Waals surface area contributed by atoms with E-state index in [9.17, 15) is 4.39 Å². The van der Waals surface area contributed by atoms with Crippen LogP contribution in [0.2, 0.25) is 0 Å². The summed E-state index contributed by atoms with van der Waals surface area (Å²) < 4.78 is 12.1. The normalized spacial score (nSPS) is 10.8. The SMILES string of the molecule is N#CC(F)(CO)CO. The number of alkyl halides is 1. The van der Waals surface area contributed by atoms with E-state index in [1.165, 1.54) is 0 Å². The fraction of sp³-hybridized carbons (Fsp3) is 0.750. The fourth-order valence-corrected chi connectivity index (χ4v) is 0.121. The zero-order valence-electron chi connectivity index (χ0n) is 4.13. The molecule has 0 saturated heterocycles. The Morgan fingerprint density at radius 3 is 1.88 bits per heavy atom. The number of hydrogen-bond donors (Lipinski definition) is 2. The van der Waals surface area contributed by atoms with Crippen LogP contribution >= 0.6 is 0 Å². The summed E-state index contributed by atoms with van der Waals surface area (Å²) in [4.78, 5) is 0. The van der Waals surface area contributed by atoms with Crippen LogP contribution < -0.4 is 0 Å². The maximum absolute atomic E-state index is 12.1. The van der Waals surface area contributed by atoms with E-state index in [0.29, 0.717) is 0 Å². The summed E-state index contributed by atoms with van der Waals surface area (Å²) in [7, 11) is 0. The predicted octanol–water partition coefficient (Wildman–Crippen LogP) is -0.797. The second-order valence-corrected chi connectivity index (χ2v) is 1.39. The molecule has 0 atom stereocenters. The molecule has 0 radical (unpaired) electrons. The first-order valence-electron chi connectivity index (χ1n) is 2.00. The molecule has 0 aliphatic heterocycles. The first-order chi connectivity index (χ1) is 3.68. The van der Waals surface area contributed by atoms with Crippen LogP contribution in [0.5, 0.6) is 0 Å². The number of aliphatic hydroxyl groups excluding tert-OH is 2. The van der Waals surface area contributed by atoms with E-state index in [0.717, 1.165) is 6.07 Å². The van der Waals surface area contributed by atoms with E-state index in [-0.39, 0.29) is 0 Å². The highest BCUT2D eigenvalue weighted by molar-refractivity contribution is 4.99. The maximum Gasteiger partial charge on any atom is 0.241 e. The van der Waals surface area contributed by atoms with Crippen LogP contribution in [0.15, 0.2) is 0 Å². The summed E-state index contributed by atoms with van der Waals surface area (Å²) in [6, 6.07) is 1.11. The average molecular weight is 119 g/mol. The lowest BCUT2D eigenvalue weighted by molar-refractivity contribution is 0.0598. The Labute approximate surface area is 46.0 Å². The maximum atomic E-state index is 12.1. The molecule has 0 unspecified atom stereocenters. The Bertz CT molecular complexity index is 105.